The van der Waals surface area contributed by atoms with Crippen LogP contribution in [0.15, 0.2) is 18.2 Å². The molecule has 4 rings (SSSR count). The third-order valence-corrected chi connectivity index (χ3v) is 5.97. The fourth-order valence-corrected chi connectivity index (χ4v) is 4.45. The van der Waals surface area contributed by atoms with Crippen LogP contribution in [0.5, 0.6) is 11.5 Å². The van der Waals surface area contributed by atoms with Gasteiger partial charge in [-0.05, 0) is 54.0 Å². The quantitative estimate of drug-likeness (QED) is 0.555. The second-order valence-electron chi connectivity index (χ2n) is 7.73. The Kier molecular flexibility index (Phi) is 4.79. The van der Waals surface area contributed by atoms with Crippen LogP contribution in [0, 0.1) is 29.3 Å². The van der Waals surface area contributed by atoms with Gasteiger partial charge in [-0.25, -0.2) is 8.78 Å². The summed E-state index contributed by atoms with van der Waals surface area (Å²) in [6, 6.07) is 4.29. The Hall–Kier alpha value is -2.17. The summed E-state index contributed by atoms with van der Waals surface area (Å²) in [5.41, 5.74) is 0.694. The van der Waals surface area contributed by atoms with Crippen LogP contribution in [0.2, 0.25) is 0 Å². The van der Waals surface area contributed by atoms with Crippen LogP contribution in [0.3, 0.4) is 0 Å². The summed E-state index contributed by atoms with van der Waals surface area (Å²) in [6.07, 6.45) is 7.02. The first kappa shape index (κ1) is 18.2. The summed E-state index contributed by atoms with van der Waals surface area (Å²) in [5.74, 6) is -2.73. The van der Waals surface area contributed by atoms with E-state index in [9.17, 15) is 18.3 Å². The lowest BCUT2D eigenvalue weighted by atomic mass is 9.79. The molecule has 0 heterocycles. The molecule has 2 aromatic rings. The highest BCUT2D eigenvalue weighted by Gasteiger charge is 2.34. The lowest BCUT2D eigenvalue weighted by molar-refractivity contribution is 0.174. The zero-order chi connectivity index (χ0) is 19.1. The molecule has 1 N–H and O–H groups in total. The Morgan fingerprint density at radius 2 is 1.59 bits per heavy atom. The maximum absolute atomic E-state index is 14.8. The standard InChI is InChI=1S/C22H23F3O2/c1-2-3-12-4-6-13(7-5-12)11-27-17-9-8-14-15-10-16(26)20(23)22(25)19(15)18(14)21(17)24/h8-10,12-13,26H,2-7,11H2,1H3. The number of benzene rings is 2. The Morgan fingerprint density at radius 3 is 2.30 bits per heavy atom. The molecule has 0 spiro atoms. The number of halogens is 3. The summed E-state index contributed by atoms with van der Waals surface area (Å²) < 4.78 is 48.3. The van der Waals surface area contributed by atoms with E-state index in [0.717, 1.165) is 24.8 Å². The van der Waals surface area contributed by atoms with Crippen LogP contribution in [-0.4, -0.2) is 11.7 Å². The molecule has 0 bridgehead atoms. The van der Waals surface area contributed by atoms with Crippen molar-refractivity contribution in [2.45, 2.75) is 45.4 Å². The minimum atomic E-state index is -1.35. The van der Waals surface area contributed by atoms with Crippen molar-refractivity contribution in [3.63, 3.8) is 0 Å². The number of hydrogen-bond donors (Lipinski definition) is 1. The predicted molar refractivity (Wildman–Crippen MR) is 98.3 cm³/mol. The minimum Gasteiger partial charge on any atom is -0.505 e. The second kappa shape index (κ2) is 7.10. The summed E-state index contributed by atoms with van der Waals surface area (Å²) in [5, 5.41) is 9.44. The molecule has 1 fully saturated rings. The van der Waals surface area contributed by atoms with Crippen molar-refractivity contribution < 1.29 is 23.0 Å². The van der Waals surface area contributed by atoms with Gasteiger partial charge in [0.2, 0.25) is 5.82 Å². The molecule has 2 aromatic carbocycles. The van der Waals surface area contributed by atoms with Crippen LogP contribution in [0.4, 0.5) is 13.2 Å². The van der Waals surface area contributed by atoms with Gasteiger partial charge in [-0.15, -0.1) is 0 Å². The summed E-state index contributed by atoms with van der Waals surface area (Å²) in [6.45, 7) is 2.64. The molecule has 5 heteroatoms. The lowest BCUT2D eigenvalue weighted by Gasteiger charge is -2.29. The molecule has 0 aliphatic heterocycles. The van der Waals surface area contributed by atoms with Crippen LogP contribution >= 0.6 is 0 Å². The number of phenolic OH excluding ortho intramolecular Hbond substituents is 1. The smallest absolute Gasteiger partial charge is 0.201 e. The van der Waals surface area contributed by atoms with E-state index in [2.05, 4.69) is 6.92 Å². The van der Waals surface area contributed by atoms with Gasteiger partial charge in [0, 0.05) is 11.1 Å². The minimum absolute atomic E-state index is 0.0329. The number of aromatic hydroxyl groups is 1. The number of hydrogen-bond acceptors (Lipinski definition) is 2. The van der Waals surface area contributed by atoms with E-state index in [1.54, 1.807) is 6.07 Å². The number of ether oxygens (including phenoxy) is 1. The average Bonchev–Trinajstić information content (AvgIpc) is 2.65. The van der Waals surface area contributed by atoms with E-state index in [-0.39, 0.29) is 16.9 Å². The van der Waals surface area contributed by atoms with E-state index < -0.39 is 23.2 Å². The topological polar surface area (TPSA) is 29.5 Å². The first-order valence-corrected chi connectivity index (χ1v) is 9.68. The molecule has 0 unspecified atom stereocenters. The second-order valence-corrected chi connectivity index (χ2v) is 7.73. The highest BCUT2D eigenvalue weighted by atomic mass is 19.2. The molecule has 0 aromatic heterocycles. The highest BCUT2D eigenvalue weighted by Crippen LogP contribution is 2.53. The van der Waals surface area contributed by atoms with Crippen LogP contribution in [-0.2, 0) is 0 Å². The molecule has 0 saturated heterocycles. The van der Waals surface area contributed by atoms with Crippen molar-refractivity contribution >= 4 is 0 Å². The summed E-state index contributed by atoms with van der Waals surface area (Å²) in [4.78, 5) is 0. The molecule has 1 saturated carbocycles. The van der Waals surface area contributed by atoms with Crippen molar-refractivity contribution in [3.05, 3.63) is 35.7 Å². The molecular formula is C22H23F3O2. The van der Waals surface area contributed by atoms with E-state index in [1.807, 2.05) is 0 Å². The van der Waals surface area contributed by atoms with E-state index in [1.165, 1.54) is 31.7 Å². The van der Waals surface area contributed by atoms with Crippen molar-refractivity contribution in [3.8, 4) is 33.8 Å². The first-order chi connectivity index (χ1) is 13.0. The van der Waals surface area contributed by atoms with Crippen molar-refractivity contribution in [1.29, 1.82) is 0 Å². The predicted octanol–water partition coefficient (Wildman–Crippen LogP) is 6.44. The van der Waals surface area contributed by atoms with Crippen molar-refractivity contribution in [2.75, 3.05) is 6.61 Å². The lowest BCUT2D eigenvalue weighted by Crippen LogP contribution is -2.20. The fraction of sp³-hybridized carbons (Fsp3) is 0.455. The van der Waals surface area contributed by atoms with Crippen molar-refractivity contribution in [2.24, 2.45) is 11.8 Å². The van der Waals surface area contributed by atoms with Crippen molar-refractivity contribution in [1.82, 2.24) is 0 Å². The molecule has 0 atom stereocenters. The molecule has 2 nitrogen and oxygen atoms in total. The first-order valence-electron chi connectivity index (χ1n) is 9.68. The van der Waals surface area contributed by atoms with E-state index in [4.69, 9.17) is 4.74 Å². The Bertz CT molecular complexity index is 871. The SMILES string of the molecule is CCCC1CCC(COc2ccc3c(c2F)-c2c-3cc(O)c(F)c2F)CC1. The third-order valence-electron chi connectivity index (χ3n) is 5.97. The zero-order valence-corrected chi connectivity index (χ0v) is 15.3. The third kappa shape index (κ3) is 3.07. The van der Waals surface area contributed by atoms with E-state index in [0.29, 0.717) is 23.7 Å². The normalized spacial score (nSPS) is 20.6. The molecule has 27 heavy (non-hydrogen) atoms. The van der Waals surface area contributed by atoms with Gasteiger partial charge in [0.25, 0.3) is 0 Å². The molecular weight excluding hydrogens is 353 g/mol. The monoisotopic (exact) mass is 376 g/mol. The molecule has 2 aliphatic carbocycles. The van der Waals surface area contributed by atoms with Gasteiger partial charge in [0.15, 0.2) is 23.1 Å². The fourth-order valence-electron chi connectivity index (χ4n) is 4.45. The Labute approximate surface area is 157 Å². The molecule has 0 amide bonds. The Morgan fingerprint density at radius 1 is 0.926 bits per heavy atom. The maximum atomic E-state index is 14.8. The van der Waals surface area contributed by atoms with Crippen LogP contribution in [0.1, 0.15) is 45.4 Å². The van der Waals surface area contributed by atoms with Gasteiger partial charge >= 0.3 is 0 Å². The number of phenols is 1. The van der Waals surface area contributed by atoms with Gasteiger partial charge < -0.3 is 9.84 Å². The summed E-state index contributed by atoms with van der Waals surface area (Å²) in [7, 11) is 0. The zero-order valence-electron chi connectivity index (χ0n) is 15.3. The van der Waals surface area contributed by atoms with Crippen LogP contribution < -0.4 is 4.74 Å². The van der Waals surface area contributed by atoms with Gasteiger partial charge in [-0.3, -0.25) is 0 Å². The molecule has 2 aliphatic rings. The molecule has 0 radical (unpaired) electrons. The largest absolute Gasteiger partial charge is 0.505 e. The van der Waals surface area contributed by atoms with Gasteiger partial charge in [0.1, 0.15) is 0 Å². The van der Waals surface area contributed by atoms with Gasteiger partial charge in [0.05, 0.1) is 6.61 Å². The van der Waals surface area contributed by atoms with E-state index >= 15 is 0 Å². The number of fused-ring (bicyclic) bond motifs is 4. The molecule has 144 valence electrons. The van der Waals surface area contributed by atoms with Crippen LogP contribution in [0.25, 0.3) is 22.3 Å². The summed E-state index contributed by atoms with van der Waals surface area (Å²) >= 11 is 0. The maximum Gasteiger partial charge on any atom is 0.201 e. The highest BCUT2D eigenvalue weighted by molar-refractivity contribution is 6.04. The Balaban J connectivity index is 1.48. The average molecular weight is 376 g/mol. The number of rotatable bonds is 5. The van der Waals surface area contributed by atoms with Gasteiger partial charge in [-0.2, -0.15) is 4.39 Å². The van der Waals surface area contributed by atoms with Gasteiger partial charge in [-0.1, -0.05) is 32.6 Å².